The molecule has 5 nitrogen and oxygen atoms in total. The van der Waals surface area contributed by atoms with Gasteiger partial charge in [-0.1, -0.05) is 111 Å². The maximum atomic E-state index is 11.1. The maximum absolute atomic E-state index is 11.1. The summed E-state index contributed by atoms with van der Waals surface area (Å²) in [4.78, 5) is 11.1. The van der Waals surface area contributed by atoms with Gasteiger partial charge in [0.1, 0.15) is 0 Å². The number of carbonyl (C=O) groups excluding carboxylic acids is 1. The van der Waals surface area contributed by atoms with E-state index in [0.717, 1.165) is 18.9 Å². The summed E-state index contributed by atoms with van der Waals surface area (Å²) in [5.41, 5.74) is 0. The van der Waals surface area contributed by atoms with E-state index in [9.17, 15) is 20.1 Å². The number of unbranched alkanes of at least 4 members (excludes halogenated alkanes) is 12. The maximum Gasteiger partial charge on any atom is 3.00 e. The molecule has 0 spiro atoms. The van der Waals surface area contributed by atoms with Crippen molar-refractivity contribution in [2.75, 3.05) is 6.61 Å². The van der Waals surface area contributed by atoms with E-state index in [1.807, 2.05) is 0 Å². The third-order valence-corrected chi connectivity index (χ3v) is 4.22. The Morgan fingerprint density at radius 3 is 1.47 bits per heavy atom. The molecule has 0 aromatic heterocycles. The molecule has 0 amide bonds. The summed E-state index contributed by atoms with van der Waals surface area (Å²) < 4.78 is 4.95. The zero-order chi connectivity index (χ0) is 25.7. The number of esters is 1. The molecule has 0 heterocycles. The molecule has 198 valence electrons. The zero-order valence-electron chi connectivity index (χ0n) is 23.1. The molecule has 0 saturated carbocycles. The van der Waals surface area contributed by atoms with Gasteiger partial charge in [0.15, 0.2) is 0 Å². The molecule has 0 aliphatic rings. The molecule has 0 atom stereocenters. The van der Waals surface area contributed by atoms with Crippen molar-refractivity contribution in [2.45, 2.75) is 144 Å². The van der Waals surface area contributed by atoms with Gasteiger partial charge in [0.05, 0.1) is 6.61 Å². The Bertz CT molecular complexity index is 433. The zero-order valence-corrected chi connectivity index (χ0v) is 24.3. The van der Waals surface area contributed by atoms with Crippen LogP contribution in [0.1, 0.15) is 131 Å². The van der Waals surface area contributed by atoms with E-state index in [4.69, 9.17) is 4.74 Å². The van der Waals surface area contributed by atoms with Crippen molar-refractivity contribution in [1.29, 1.82) is 0 Å². The molecular weight excluding hydrogens is 443 g/mol. The van der Waals surface area contributed by atoms with Crippen molar-refractivity contribution >= 4 is 23.3 Å². The minimum Gasteiger partial charge on any atom is -0.875 e. The van der Waals surface area contributed by atoms with E-state index < -0.39 is 18.2 Å². The summed E-state index contributed by atoms with van der Waals surface area (Å²) in [7, 11) is 0. The van der Waals surface area contributed by atoms with Crippen molar-refractivity contribution in [3.63, 3.8) is 0 Å². The van der Waals surface area contributed by atoms with Crippen LogP contribution in [0.5, 0.6) is 0 Å². The molecule has 0 unspecified atom stereocenters. The van der Waals surface area contributed by atoms with E-state index in [-0.39, 0.29) is 23.1 Å². The normalized spacial score (nSPS) is 10.9. The van der Waals surface area contributed by atoms with Crippen LogP contribution in [0.25, 0.3) is 0 Å². The third-order valence-electron chi connectivity index (χ3n) is 4.22. The molecule has 0 saturated heterocycles. The number of hydrogen-bond acceptors (Lipinski definition) is 5. The van der Waals surface area contributed by atoms with Crippen LogP contribution in [0.4, 0.5) is 0 Å². The Hall–Kier alpha value is -0.798. The van der Waals surface area contributed by atoms with Crippen LogP contribution in [0.2, 0.25) is 0 Å². The Morgan fingerprint density at radius 1 is 0.735 bits per heavy atom. The summed E-state index contributed by atoms with van der Waals surface area (Å²) in [5.74, 6) is -0.772. The van der Waals surface area contributed by atoms with Gasteiger partial charge in [-0.3, -0.25) is 0 Å². The van der Waals surface area contributed by atoms with Crippen LogP contribution in [-0.2, 0) is 9.53 Å². The van der Waals surface area contributed by atoms with Gasteiger partial charge in [-0.25, -0.2) is 4.79 Å². The monoisotopic (exact) mass is 496 g/mol. The number of hydrogen-bond donors (Lipinski definition) is 0. The van der Waals surface area contributed by atoms with E-state index in [1.165, 1.54) is 84.0 Å². The first-order valence-electron chi connectivity index (χ1n) is 13.1. The van der Waals surface area contributed by atoms with Crippen molar-refractivity contribution in [1.82, 2.24) is 0 Å². The Kier molecular flexibility index (Phi) is 40.8. The second-order valence-electron chi connectivity index (χ2n) is 8.96. The number of rotatable bonds is 17. The quantitative estimate of drug-likeness (QED) is 0.0708. The van der Waals surface area contributed by atoms with Crippen LogP contribution in [0.15, 0.2) is 24.0 Å². The summed E-state index contributed by atoms with van der Waals surface area (Å²) in [6.07, 6.45) is 22.5. The molecule has 0 bridgehead atoms. The standard InChI is InChI=1S/C22H40O3.2C3H7O.Al/c1-3-4-5-6-7-8-9-10-11-12-13-14-15-16-17-18-19-25-22(24)20-21(2)23;2*1-3(2)4;/h10-11,20,23H,3-9,12-19H2,1-2H3;2*3H,1-2H3;/q;2*-1;+3/p-1/b11-10+,21-20-;;;. The minimum absolute atomic E-state index is 0. The first-order chi connectivity index (χ1) is 15.6. The van der Waals surface area contributed by atoms with Gasteiger partial charge < -0.3 is 20.1 Å². The smallest absolute Gasteiger partial charge is 0.875 e. The largest absolute Gasteiger partial charge is 3.00 e. The van der Waals surface area contributed by atoms with Gasteiger partial charge in [0.25, 0.3) is 0 Å². The fourth-order valence-corrected chi connectivity index (χ4v) is 2.73. The van der Waals surface area contributed by atoms with E-state index in [2.05, 4.69) is 19.1 Å². The van der Waals surface area contributed by atoms with Gasteiger partial charge >= 0.3 is 23.3 Å². The molecule has 34 heavy (non-hydrogen) atoms. The molecule has 0 aliphatic carbocycles. The number of carbonyl (C=O) groups is 1. The van der Waals surface area contributed by atoms with Crippen molar-refractivity contribution in [2.24, 2.45) is 0 Å². The molecule has 0 aliphatic heterocycles. The average Bonchev–Trinajstić information content (AvgIpc) is 2.69. The van der Waals surface area contributed by atoms with Crippen LogP contribution in [0, 0.1) is 0 Å². The third kappa shape index (κ3) is 57.7. The molecule has 0 aromatic rings. The SMILES string of the molecule is CC(C)[O-].CC(C)[O-].CCCCCCCC/C=C/CCCCCCCCOC(=O)/C=C(/C)[O-].[Al+3]. The summed E-state index contributed by atoms with van der Waals surface area (Å²) in [6.45, 7) is 10.5. The second kappa shape index (κ2) is 34.4. The average molecular weight is 497 g/mol. The van der Waals surface area contributed by atoms with Crippen LogP contribution < -0.4 is 15.3 Å². The van der Waals surface area contributed by atoms with Crippen molar-refractivity contribution in [3.05, 3.63) is 24.0 Å². The first kappa shape index (κ1) is 40.4. The van der Waals surface area contributed by atoms with Gasteiger partial charge in [-0.2, -0.15) is 0 Å². The van der Waals surface area contributed by atoms with Gasteiger partial charge in [0, 0.05) is 6.08 Å². The molecule has 0 N–H and O–H groups in total. The van der Waals surface area contributed by atoms with Crippen molar-refractivity contribution in [3.8, 4) is 0 Å². The Labute approximate surface area is 222 Å². The molecule has 0 rings (SSSR count). The summed E-state index contributed by atoms with van der Waals surface area (Å²) in [5, 5.41) is 29.7. The van der Waals surface area contributed by atoms with Crippen LogP contribution >= 0.6 is 0 Å². The molecule has 0 radical (unpaired) electrons. The fourth-order valence-electron chi connectivity index (χ4n) is 2.73. The summed E-state index contributed by atoms with van der Waals surface area (Å²) in [6, 6.07) is 0. The van der Waals surface area contributed by atoms with Crippen LogP contribution in [0.3, 0.4) is 0 Å². The molecule has 6 heteroatoms. The van der Waals surface area contributed by atoms with E-state index >= 15 is 0 Å². The molecular formula is C28H53AlO5. The summed E-state index contributed by atoms with van der Waals surface area (Å²) >= 11 is 0. The van der Waals surface area contributed by atoms with Gasteiger partial charge in [-0.05, 0) is 32.1 Å². The van der Waals surface area contributed by atoms with Gasteiger partial charge in [0.2, 0.25) is 0 Å². The predicted octanol–water partition coefficient (Wildman–Crippen LogP) is 4.96. The van der Waals surface area contributed by atoms with Gasteiger partial charge in [-0.15, -0.1) is 18.0 Å². The topological polar surface area (TPSA) is 95.5 Å². The van der Waals surface area contributed by atoms with Crippen molar-refractivity contribution < 1.29 is 24.9 Å². The van der Waals surface area contributed by atoms with Crippen LogP contribution in [-0.4, -0.2) is 42.1 Å². The fraction of sp³-hybridized carbons (Fsp3) is 0.821. The predicted molar refractivity (Wildman–Crippen MR) is 140 cm³/mol. The van der Waals surface area contributed by atoms with E-state index in [0.29, 0.717) is 6.61 Å². The molecule has 0 fully saturated rings. The molecule has 0 aromatic carbocycles. The Balaban J connectivity index is -0.000000430. The first-order valence-corrected chi connectivity index (χ1v) is 13.1. The Morgan fingerprint density at radius 2 is 1.09 bits per heavy atom. The number of allylic oxidation sites excluding steroid dienone is 3. The number of ether oxygens (including phenoxy) is 1. The second-order valence-corrected chi connectivity index (χ2v) is 8.96. The minimum atomic E-state index is -0.514. The van der Waals surface area contributed by atoms with E-state index in [1.54, 1.807) is 27.7 Å².